The van der Waals surface area contributed by atoms with E-state index < -0.39 is 0 Å². The second-order valence-corrected chi connectivity index (χ2v) is 7.12. The standard InChI is InChI=1S/C17H33NO2/c1-13-6-5-9-17(10-13)20-12-16(19)11-18-14(2)15-7-3-4-8-15/h13-19H,3-12H2,1-2H3/t13?,14-,16?,17?/m0/s1. The normalized spacial score (nSPS) is 31.4. The summed E-state index contributed by atoms with van der Waals surface area (Å²) < 4.78 is 5.88. The van der Waals surface area contributed by atoms with E-state index in [4.69, 9.17) is 4.74 Å². The second-order valence-electron chi connectivity index (χ2n) is 7.12. The molecular formula is C17H33NO2. The quantitative estimate of drug-likeness (QED) is 0.754. The molecule has 3 heteroatoms. The Balaban J connectivity index is 1.56. The van der Waals surface area contributed by atoms with E-state index in [0.29, 0.717) is 25.3 Å². The molecule has 0 radical (unpaired) electrons. The molecule has 2 rings (SSSR count). The van der Waals surface area contributed by atoms with Gasteiger partial charge in [0, 0.05) is 12.6 Å². The van der Waals surface area contributed by atoms with Gasteiger partial charge < -0.3 is 15.2 Å². The van der Waals surface area contributed by atoms with Crippen LogP contribution in [0.2, 0.25) is 0 Å². The number of aliphatic hydroxyl groups excluding tert-OH is 1. The molecule has 2 aliphatic carbocycles. The molecule has 0 aromatic rings. The highest BCUT2D eigenvalue weighted by molar-refractivity contribution is 4.78. The van der Waals surface area contributed by atoms with Crippen molar-refractivity contribution in [3.63, 3.8) is 0 Å². The zero-order valence-electron chi connectivity index (χ0n) is 13.3. The molecule has 0 bridgehead atoms. The van der Waals surface area contributed by atoms with Crippen LogP contribution < -0.4 is 5.32 Å². The molecule has 0 amide bonds. The van der Waals surface area contributed by atoms with Crippen molar-refractivity contribution in [1.82, 2.24) is 5.32 Å². The highest BCUT2D eigenvalue weighted by atomic mass is 16.5. The molecule has 3 unspecified atom stereocenters. The Morgan fingerprint density at radius 1 is 1.15 bits per heavy atom. The van der Waals surface area contributed by atoms with Crippen LogP contribution in [0.5, 0.6) is 0 Å². The summed E-state index contributed by atoms with van der Waals surface area (Å²) in [5.41, 5.74) is 0. The summed E-state index contributed by atoms with van der Waals surface area (Å²) in [7, 11) is 0. The van der Waals surface area contributed by atoms with Gasteiger partial charge in [-0.1, -0.05) is 32.6 Å². The lowest BCUT2D eigenvalue weighted by Crippen LogP contribution is -2.40. The van der Waals surface area contributed by atoms with E-state index in [1.165, 1.54) is 51.4 Å². The first kappa shape index (κ1) is 16.3. The van der Waals surface area contributed by atoms with Crippen LogP contribution in [0.15, 0.2) is 0 Å². The third kappa shape index (κ3) is 5.34. The summed E-state index contributed by atoms with van der Waals surface area (Å²) in [6.45, 7) is 5.71. The van der Waals surface area contributed by atoms with Crippen molar-refractivity contribution in [2.24, 2.45) is 11.8 Å². The lowest BCUT2D eigenvalue weighted by molar-refractivity contribution is -0.0314. The first-order valence-electron chi connectivity index (χ1n) is 8.68. The maximum Gasteiger partial charge on any atom is 0.0897 e. The molecule has 0 aromatic carbocycles. The maximum atomic E-state index is 10.0. The predicted octanol–water partition coefficient (Wildman–Crippen LogP) is 3.11. The number of ether oxygens (including phenoxy) is 1. The van der Waals surface area contributed by atoms with Crippen LogP contribution in [0.1, 0.15) is 65.2 Å². The SMILES string of the molecule is CC1CCCC(OCC(O)CN[C@@H](C)C2CCCC2)C1. The second kappa shape index (κ2) is 8.35. The van der Waals surface area contributed by atoms with Crippen LogP contribution in [-0.4, -0.2) is 36.5 Å². The summed E-state index contributed by atoms with van der Waals surface area (Å²) >= 11 is 0. The van der Waals surface area contributed by atoms with E-state index in [0.717, 1.165) is 11.8 Å². The van der Waals surface area contributed by atoms with Crippen molar-refractivity contribution in [2.45, 2.75) is 83.5 Å². The summed E-state index contributed by atoms with van der Waals surface area (Å²) in [6, 6.07) is 0.529. The van der Waals surface area contributed by atoms with Crippen LogP contribution >= 0.6 is 0 Å². The zero-order valence-corrected chi connectivity index (χ0v) is 13.3. The molecule has 2 fully saturated rings. The Labute approximate surface area is 124 Å². The largest absolute Gasteiger partial charge is 0.389 e. The lowest BCUT2D eigenvalue weighted by atomic mass is 9.89. The van der Waals surface area contributed by atoms with Crippen LogP contribution in [-0.2, 0) is 4.74 Å². The molecule has 4 atom stereocenters. The number of hydrogen-bond acceptors (Lipinski definition) is 3. The van der Waals surface area contributed by atoms with Crippen molar-refractivity contribution < 1.29 is 9.84 Å². The van der Waals surface area contributed by atoms with Crippen LogP contribution in [0.4, 0.5) is 0 Å². The van der Waals surface area contributed by atoms with Gasteiger partial charge in [-0.15, -0.1) is 0 Å². The van der Waals surface area contributed by atoms with Gasteiger partial charge in [0.15, 0.2) is 0 Å². The monoisotopic (exact) mass is 283 g/mol. The molecule has 0 spiro atoms. The average molecular weight is 283 g/mol. The van der Waals surface area contributed by atoms with Gasteiger partial charge in [0.1, 0.15) is 0 Å². The third-order valence-corrected chi connectivity index (χ3v) is 5.19. The maximum absolute atomic E-state index is 10.0. The molecule has 3 nitrogen and oxygen atoms in total. The summed E-state index contributed by atoms with van der Waals surface area (Å²) in [5, 5.41) is 13.5. The summed E-state index contributed by atoms with van der Waals surface area (Å²) in [6.07, 6.45) is 10.4. The minimum Gasteiger partial charge on any atom is -0.389 e. The van der Waals surface area contributed by atoms with Gasteiger partial charge in [-0.2, -0.15) is 0 Å². The third-order valence-electron chi connectivity index (χ3n) is 5.19. The van der Waals surface area contributed by atoms with Gasteiger partial charge in [-0.25, -0.2) is 0 Å². The number of aliphatic hydroxyl groups is 1. The van der Waals surface area contributed by atoms with Crippen molar-refractivity contribution in [2.75, 3.05) is 13.2 Å². The number of hydrogen-bond donors (Lipinski definition) is 2. The van der Waals surface area contributed by atoms with Crippen LogP contribution in [0, 0.1) is 11.8 Å². The lowest BCUT2D eigenvalue weighted by Gasteiger charge is -2.28. The number of rotatable bonds is 7. The highest BCUT2D eigenvalue weighted by Gasteiger charge is 2.23. The van der Waals surface area contributed by atoms with E-state index in [2.05, 4.69) is 19.2 Å². The molecule has 0 heterocycles. The summed E-state index contributed by atoms with van der Waals surface area (Å²) in [4.78, 5) is 0. The molecule has 2 saturated carbocycles. The fraction of sp³-hybridized carbons (Fsp3) is 1.00. The van der Waals surface area contributed by atoms with Crippen molar-refractivity contribution in [3.05, 3.63) is 0 Å². The smallest absolute Gasteiger partial charge is 0.0897 e. The van der Waals surface area contributed by atoms with Crippen molar-refractivity contribution >= 4 is 0 Å². The minimum absolute atomic E-state index is 0.365. The van der Waals surface area contributed by atoms with E-state index in [-0.39, 0.29) is 6.10 Å². The molecule has 0 saturated heterocycles. The van der Waals surface area contributed by atoms with Gasteiger partial charge in [0.25, 0.3) is 0 Å². The first-order chi connectivity index (χ1) is 9.65. The highest BCUT2D eigenvalue weighted by Crippen LogP contribution is 2.27. The van der Waals surface area contributed by atoms with Crippen LogP contribution in [0.25, 0.3) is 0 Å². The molecule has 2 aliphatic rings. The molecule has 0 aromatic heterocycles. The van der Waals surface area contributed by atoms with Gasteiger partial charge in [0.05, 0.1) is 18.8 Å². The van der Waals surface area contributed by atoms with Gasteiger partial charge in [-0.05, 0) is 44.4 Å². The van der Waals surface area contributed by atoms with Crippen molar-refractivity contribution in [1.29, 1.82) is 0 Å². The average Bonchev–Trinajstić information content (AvgIpc) is 2.97. The van der Waals surface area contributed by atoms with E-state index in [1.54, 1.807) is 0 Å². The molecule has 118 valence electrons. The van der Waals surface area contributed by atoms with Gasteiger partial charge in [-0.3, -0.25) is 0 Å². The van der Waals surface area contributed by atoms with E-state index in [1.807, 2.05) is 0 Å². The van der Waals surface area contributed by atoms with Crippen LogP contribution in [0.3, 0.4) is 0 Å². The fourth-order valence-corrected chi connectivity index (χ4v) is 3.78. The van der Waals surface area contributed by atoms with E-state index >= 15 is 0 Å². The number of nitrogens with one attached hydrogen (secondary N) is 1. The zero-order chi connectivity index (χ0) is 14.4. The molecular weight excluding hydrogens is 250 g/mol. The first-order valence-corrected chi connectivity index (χ1v) is 8.68. The molecule has 2 N–H and O–H groups in total. The Morgan fingerprint density at radius 2 is 1.90 bits per heavy atom. The Kier molecular flexibility index (Phi) is 6.79. The summed E-state index contributed by atoms with van der Waals surface area (Å²) in [5.74, 6) is 1.59. The fourth-order valence-electron chi connectivity index (χ4n) is 3.78. The minimum atomic E-state index is -0.365. The Hall–Kier alpha value is -0.120. The molecule has 0 aliphatic heterocycles. The Bertz CT molecular complexity index is 260. The Morgan fingerprint density at radius 3 is 2.60 bits per heavy atom. The topological polar surface area (TPSA) is 41.5 Å². The van der Waals surface area contributed by atoms with E-state index in [9.17, 15) is 5.11 Å². The van der Waals surface area contributed by atoms with Gasteiger partial charge in [0.2, 0.25) is 0 Å². The van der Waals surface area contributed by atoms with Crippen molar-refractivity contribution in [3.8, 4) is 0 Å². The predicted molar refractivity (Wildman–Crippen MR) is 82.8 cm³/mol. The molecule has 20 heavy (non-hydrogen) atoms. The van der Waals surface area contributed by atoms with Gasteiger partial charge >= 0.3 is 0 Å².